The van der Waals surface area contributed by atoms with Crippen LogP contribution < -0.4 is 4.57 Å². The highest BCUT2D eigenvalue weighted by Gasteiger charge is 2.28. The summed E-state index contributed by atoms with van der Waals surface area (Å²) >= 11 is 0. The zero-order chi connectivity index (χ0) is 20.8. The molecule has 0 N–H and O–H groups in total. The highest BCUT2D eigenvalue weighted by atomic mass is 15.0. The Morgan fingerprint density at radius 3 is 2.43 bits per heavy atom. The predicted molar refractivity (Wildman–Crippen MR) is 120 cm³/mol. The molecule has 0 radical (unpaired) electrons. The van der Waals surface area contributed by atoms with Gasteiger partial charge in [0.15, 0.2) is 5.69 Å². The Morgan fingerprint density at radius 1 is 0.967 bits per heavy atom. The van der Waals surface area contributed by atoms with Gasteiger partial charge >= 0.3 is 0 Å². The van der Waals surface area contributed by atoms with Crippen LogP contribution >= 0.6 is 0 Å². The van der Waals surface area contributed by atoms with E-state index in [1.54, 1.807) is 0 Å². The van der Waals surface area contributed by atoms with Gasteiger partial charge in [-0.05, 0) is 67.4 Å². The van der Waals surface area contributed by atoms with Crippen LogP contribution in [0.5, 0.6) is 0 Å². The lowest BCUT2D eigenvalue weighted by molar-refractivity contribution is -0.663. The highest BCUT2D eigenvalue weighted by Crippen LogP contribution is 2.37. The van der Waals surface area contributed by atoms with E-state index in [1.807, 2.05) is 18.7 Å². The van der Waals surface area contributed by atoms with Gasteiger partial charge in [-0.2, -0.15) is 0 Å². The Kier molecular flexibility index (Phi) is 4.73. The highest BCUT2D eigenvalue weighted by molar-refractivity contribution is 5.89. The molecule has 0 atom stereocenters. The smallest absolute Gasteiger partial charge is 0.240 e. The first-order valence-corrected chi connectivity index (χ1v) is 11.0. The van der Waals surface area contributed by atoms with Crippen LogP contribution in [0.15, 0.2) is 30.9 Å². The second-order valence-corrected chi connectivity index (χ2v) is 8.98. The summed E-state index contributed by atoms with van der Waals surface area (Å²) in [5, 5.41) is 0. The molecule has 4 nitrogen and oxygen atoms in total. The van der Waals surface area contributed by atoms with Gasteiger partial charge in [0.1, 0.15) is 11.5 Å². The Labute approximate surface area is 178 Å². The van der Waals surface area contributed by atoms with E-state index in [1.165, 1.54) is 64.8 Å². The fourth-order valence-corrected chi connectivity index (χ4v) is 5.05. The SMILES string of the molecule is Cc1cc(C)c(C)c(-c2c3c(nc[n+]2C)C=C(c2cnc(C4CCCC4)nc2)C3)c1. The Bertz CT molecular complexity index is 1150. The normalized spacial score (nSPS) is 16.1. The second kappa shape index (κ2) is 7.42. The fraction of sp³-hybridized carbons (Fsp3) is 0.385. The maximum absolute atomic E-state index is 4.73. The van der Waals surface area contributed by atoms with Crippen molar-refractivity contribution in [1.29, 1.82) is 0 Å². The molecule has 3 aromatic rings. The zero-order valence-corrected chi connectivity index (χ0v) is 18.4. The summed E-state index contributed by atoms with van der Waals surface area (Å²) < 4.78 is 2.16. The van der Waals surface area contributed by atoms with E-state index in [4.69, 9.17) is 15.0 Å². The first kappa shape index (κ1) is 19.1. The number of hydrogen-bond donors (Lipinski definition) is 0. The fourth-order valence-electron chi connectivity index (χ4n) is 5.05. The largest absolute Gasteiger partial charge is 0.287 e. The van der Waals surface area contributed by atoms with Crippen molar-refractivity contribution in [2.45, 2.75) is 58.8 Å². The van der Waals surface area contributed by atoms with Crippen molar-refractivity contribution in [2.24, 2.45) is 7.05 Å². The molecule has 1 fully saturated rings. The molecule has 4 heteroatoms. The quantitative estimate of drug-likeness (QED) is 0.581. The summed E-state index contributed by atoms with van der Waals surface area (Å²) in [5.41, 5.74) is 11.3. The molecule has 30 heavy (non-hydrogen) atoms. The predicted octanol–water partition coefficient (Wildman–Crippen LogP) is 5.04. The van der Waals surface area contributed by atoms with E-state index in [0.717, 1.165) is 23.5 Å². The molecule has 0 amide bonds. The average molecular weight is 398 g/mol. The van der Waals surface area contributed by atoms with Crippen molar-refractivity contribution in [2.75, 3.05) is 0 Å². The van der Waals surface area contributed by atoms with E-state index >= 15 is 0 Å². The van der Waals surface area contributed by atoms with Crippen LogP contribution in [-0.2, 0) is 13.5 Å². The topological polar surface area (TPSA) is 42.5 Å². The maximum atomic E-state index is 4.73. The van der Waals surface area contributed by atoms with Gasteiger partial charge in [-0.1, -0.05) is 24.5 Å². The lowest BCUT2D eigenvalue weighted by Gasteiger charge is -2.13. The van der Waals surface area contributed by atoms with Gasteiger partial charge in [0.05, 0.1) is 12.6 Å². The summed E-state index contributed by atoms with van der Waals surface area (Å²) in [4.78, 5) is 14.2. The van der Waals surface area contributed by atoms with Gasteiger partial charge in [-0.3, -0.25) is 0 Å². The number of allylic oxidation sites excluding steroid dienone is 1. The number of aryl methyl sites for hydroxylation is 3. The molecule has 0 unspecified atom stereocenters. The minimum Gasteiger partial charge on any atom is -0.240 e. The summed E-state index contributed by atoms with van der Waals surface area (Å²) in [6.45, 7) is 6.58. The van der Waals surface area contributed by atoms with E-state index in [2.05, 4.69) is 50.6 Å². The average Bonchev–Trinajstić information content (AvgIpc) is 3.41. The number of rotatable bonds is 3. The number of benzene rings is 1. The standard InChI is InChI=1S/C26H29N4/c1-16-9-17(2)18(3)22(10-16)25-23-11-20(12-24(23)29-15-30(25)4)21-13-27-26(28-14-21)19-7-5-6-8-19/h9-10,12-15,19H,5-8,11H2,1-4H3/q+1. The molecule has 0 bridgehead atoms. The summed E-state index contributed by atoms with van der Waals surface area (Å²) in [6.07, 6.45) is 14.1. The molecule has 2 aromatic heterocycles. The van der Waals surface area contributed by atoms with Crippen molar-refractivity contribution in [3.05, 3.63) is 70.2 Å². The van der Waals surface area contributed by atoms with Gasteiger partial charge in [-0.25, -0.2) is 14.5 Å². The third-order valence-corrected chi connectivity index (χ3v) is 6.83. The molecule has 2 heterocycles. The third-order valence-electron chi connectivity index (χ3n) is 6.83. The Hall–Kier alpha value is -2.88. The monoisotopic (exact) mass is 397 g/mol. The van der Waals surface area contributed by atoms with E-state index in [-0.39, 0.29) is 0 Å². The van der Waals surface area contributed by atoms with Crippen molar-refractivity contribution in [3.63, 3.8) is 0 Å². The summed E-state index contributed by atoms with van der Waals surface area (Å²) in [7, 11) is 2.09. The number of nitrogens with zero attached hydrogens (tertiary/aromatic N) is 4. The van der Waals surface area contributed by atoms with Crippen LogP contribution in [0.1, 0.15) is 70.9 Å². The van der Waals surface area contributed by atoms with Gasteiger partial charge in [0.25, 0.3) is 6.33 Å². The summed E-state index contributed by atoms with van der Waals surface area (Å²) in [5.74, 6) is 1.57. The molecular weight excluding hydrogens is 368 g/mol. The molecule has 2 aliphatic carbocycles. The number of fused-ring (bicyclic) bond motifs is 1. The molecule has 5 rings (SSSR count). The van der Waals surface area contributed by atoms with Crippen molar-refractivity contribution < 1.29 is 4.57 Å². The first-order valence-electron chi connectivity index (χ1n) is 11.0. The Balaban J connectivity index is 1.51. The van der Waals surface area contributed by atoms with Gasteiger partial charge in [-0.15, -0.1) is 0 Å². The second-order valence-electron chi connectivity index (χ2n) is 8.98. The van der Waals surface area contributed by atoms with Crippen molar-refractivity contribution in [3.8, 4) is 11.3 Å². The van der Waals surface area contributed by atoms with Gasteiger partial charge in [0.2, 0.25) is 0 Å². The third kappa shape index (κ3) is 3.24. The van der Waals surface area contributed by atoms with Crippen molar-refractivity contribution in [1.82, 2.24) is 15.0 Å². The van der Waals surface area contributed by atoms with Crippen LogP contribution in [0.3, 0.4) is 0 Å². The van der Waals surface area contributed by atoms with Gasteiger partial charge < -0.3 is 0 Å². The van der Waals surface area contributed by atoms with Crippen LogP contribution in [0.2, 0.25) is 0 Å². The maximum Gasteiger partial charge on any atom is 0.287 e. The zero-order valence-electron chi connectivity index (χ0n) is 18.4. The molecule has 0 aliphatic heterocycles. The molecule has 0 spiro atoms. The van der Waals surface area contributed by atoms with Crippen LogP contribution in [-0.4, -0.2) is 15.0 Å². The summed E-state index contributed by atoms with van der Waals surface area (Å²) in [6, 6.07) is 4.56. The van der Waals surface area contributed by atoms with Crippen LogP contribution in [0.25, 0.3) is 22.9 Å². The van der Waals surface area contributed by atoms with Gasteiger partial charge in [0, 0.05) is 35.9 Å². The van der Waals surface area contributed by atoms with Crippen LogP contribution in [0.4, 0.5) is 0 Å². The van der Waals surface area contributed by atoms with E-state index in [9.17, 15) is 0 Å². The number of aromatic nitrogens is 4. The molecule has 0 saturated heterocycles. The number of hydrogen-bond acceptors (Lipinski definition) is 3. The van der Waals surface area contributed by atoms with Crippen LogP contribution in [0, 0.1) is 20.8 Å². The minimum atomic E-state index is 0.550. The molecule has 1 aromatic carbocycles. The lowest BCUT2D eigenvalue weighted by Crippen LogP contribution is -2.33. The first-order chi connectivity index (χ1) is 14.5. The molecule has 152 valence electrons. The van der Waals surface area contributed by atoms with Crippen molar-refractivity contribution >= 4 is 11.6 Å². The molecular formula is C26H29N4+. The Morgan fingerprint density at radius 2 is 1.70 bits per heavy atom. The lowest BCUT2D eigenvalue weighted by atomic mass is 9.94. The molecule has 1 saturated carbocycles. The minimum absolute atomic E-state index is 0.550. The van der Waals surface area contributed by atoms with E-state index < -0.39 is 0 Å². The van der Waals surface area contributed by atoms with E-state index in [0.29, 0.717) is 5.92 Å². The molecule has 2 aliphatic rings.